The average Bonchev–Trinajstić information content (AvgIpc) is 2.75. The van der Waals surface area contributed by atoms with E-state index in [1.165, 1.54) is 23.5 Å². The van der Waals surface area contributed by atoms with Gasteiger partial charge in [0.05, 0.1) is 11.7 Å². The lowest BCUT2D eigenvalue weighted by atomic mass is 10.2. The first kappa shape index (κ1) is 8.20. The van der Waals surface area contributed by atoms with Gasteiger partial charge in [0.25, 0.3) is 0 Å². The van der Waals surface area contributed by atoms with Crippen molar-refractivity contribution in [2.45, 2.75) is 32.2 Å². The van der Waals surface area contributed by atoms with Gasteiger partial charge in [-0.3, -0.25) is 0 Å². The third-order valence-electron chi connectivity index (χ3n) is 2.29. The molecule has 12 heavy (non-hydrogen) atoms. The molecule has 1 N–H and O–H groups in total. The minimum absolute atomic E-state index is 0.551. The van der Waals surface area contributed by atoms with Crippen LogP contribution in [0.15, 0.2) is 5.38 Å². The summed E-state index contributed by atoms with van der Waals surface area (Å²) >= 11 is 1.80. The van der Waals surface area contributed by atoms with Crippen molar-refractivity contribution in [3.63, 3.8) is 0 Å². The maximum Gasteiger partial charge on any atom is 0.110 e. The highest BCUT2D eigenvalue weighted by molar-refractivity contribution is 7.09. The minimum atomic E-state index is 0.551. The molecule has 0 saturated carbocycles. The van der Waals surface area contributed by atoms with E-state index in [1.807, 2.05) is 0 Å². The van der Waals surface area contributed by atoms with E-state index in [2.05, 4.69) is 22.6 Å². The van der Waals surface area contributed by atoms with Gasteiger partial charge in [0.15, 0.2) is 0 Å². The Hall–Kier alpha value is -0.410. The maximum absolute atomic E-state index is 4.57. The summed E-state index contributed by atoms with van der Waals surface area (Å²) in [6.45, 7) is 3.31. The molecule has 3 heteroatoms. The SMILES string of the molecule is CCc1csc([C@H]2CCCN2)n1. The molecule has 0 spiro atoms. The summed E-state index contributed by atoms with van der Waals surface area (Å²) in [7, 11) is 0. The Kier molecular flexibility index (Phi) is 2.42. The van der Waals surface area contributed by atoms with Crippen molar-refractivity contribution >= 4 is 11.3 Å². The van der Waals surface area contributed by atoms with Crippen LogP contribution in [0.3, 0.4) is 0 Å². The molecule has 2 rings (SSSR count). The number of rotatable bonds is 2. The fourth-order valence-electron chi connectivity index (χ4n) is 1.54. The zero-order valence-electron chi connectivity index (χ0n) is 7.34. The van der Waals surface area contributed by atoms with Gasteiger partial charge in [-0.2, -0.15) is 0 Å². The Morgan fingerprint density at radius 3 is 3.25 bits per heavy atom. The number of aryl methyl sites for hydroxylation is 1. The molecule has 1 aromatic rings. The molecule has 0 unspecified atom stereocenters. The minimum Gasteiger partial charge on any atom is -0.308 e. The van der Waals surface area contributed by atoms with Crippen LogP contribution in [0.4, 0.5) is 0 Å². The highest BCUT2D eigenvalue weighted by Gasteiger charge is 2.18. The first-order valence-electron chi connectivity index (χ1n) is 4.58. The largest absolute Gasteiger partial charge is 0.308 e. The topological polar surface area (TPSA) is 24.9 Å². The maximum atomic E-state index is 4.57. The van der Waals surface area contributed by atoms with Crippen LogP contribution >= 0.6 is 11.3 Å². The summed E-state index contributed by atoms with van der Waals surface area (Å²) in [5, 5.41) is 6.92. The van der Waals surface area contributed by atoms with Crippen molar-refractivity contribution in [2.75, 3.05) is 6.54 Å². The summed E-state index contributed by atoms with van der Waals surface area (Å²) in [5.41, 5.74) is 1.24. The summed E-state index contributed by atoms with van der Waals surface area (Å²) < 4.78 is 0. The Morgan fingerprint density at radius 1 is 1.75 bits per heavy atom. The van der Waals surface area contributed by atoms with Gasteiger partial charge < -0.3 is 5.32 Å². The molecule has 0 aliphatic carbocycles. The first-order chi connectivity index (χ1) is 5.90. The molecular formula is C9H14N2S. The molecule has 1 saturated heterocycles. The van der Waals surface area contributed by atoms with Crippen LogP contribution in [0.2, 0.25) is 0 Å². The summed E-state index contributed by atoms with van der Waals surface area (Å²) in [4.78, 5) is 4.57. The number of thiazole rings is 1. The van der Waals surface area contributed by atoms with E-state index in [-0.39, 0.29) is 0 Å². The van der Waals surface area contributed by atoms with Crippen molar-refractivity contribution in [1.82, 2.24) is 10.3 Å². The molecule has 1 fully saturated rings. The van der Waals surface area contributed by atoms with Crippen molar-refractivity contribution in [3.05, 3.63) is 16.1 Å². The number of hydrogen-bond donors (Lipinski definition) is 1. The molecule has 0 aromatic carbocycles. The van der Waals surface area contributed by atoms with Crippen molar-refractivity contribution in [1.29, 1.82) is 0 Å². The summed E-state index contributed by atoms with van der Waals surface area (Å²) in [5.74, 6) is 0. The third-order valence-corrected chi connectivity index (χ3v) is 3.30. The van der Waals surface area contributed by atoms with E-state index in [1.54, 1.807) is 11.3 Å². The van der Waals surface area contributed by atoms with Gasteiger partial charge in [-0.15, -0.1) is 11.3 Å². The fraction of sp³-hybridized carbons (Fsp3) is 0.667. The molecule has 0 radical (unpaired) electrons. The lowest BCUT2D eigenvalue weighted by Crippen LogP contribution is -2.12. The summed E-state index contributed by atoms with van der Waals surface area (Å²) in [6, 6.07) is 0.551. The molecule has 1 atom stereocenters. The van der Waals surface area contributed by atoms with E-state index < -0.39 is 0 Å². The highest BCUT2D eigenvalue weighted by atomic mass is 32.1. The molecule has 0 bridgehead atoms. The van der Waals surface area contributed by atoms with Crippen molar-refractivity contribution in [3.8, 4) is 0 Å². The van der Waals surface area contributed by atoms with Crippen molar-refractivity contribution < 1.29 is 0 Å². The smallest absolute Gasteiger partial charge is 0.110 e. The Morgan fingerprint density at radius 2 is 2.67 bits per heavy atom. The zero-order chi connectivity index (χ0) is 8.39. The number of nitrogens with zero attached hydrogens (tertiary/aromatic N) is 1. The quantitative estimate of drug-likeness (QED) is 0.758. The van der Waals surface area contributed by atoms with Gasteiger partial charge in [-0.1, -0.05) is 6.92 Å². The Bertz CT molecular complexity index is 251. The van der Waals surface area contributed by atoms with Crippen LogP contribution in [0.5, 0.6) is 0 Å². The van der Waals surface area contributed by atoms with Crippen LogP contribution in [0.25, 0.3) is 0 Å². The molecule has 1 aliphatic rings. The molecular weight excluding hydrogens is 168 g/mol. The van der Waals surface area contributed by atoms with E-state index in [4.69, 9.17) is 0 Å². The van der Waals surface area contributed by atoms with Gasteiger partial charge in [0, 0.05) is 5.38 Å². The standard InChI is InChI=1S/C9H14N2S/c1-2-7-6-12-9(11-7)8-4-3-5-10-8/h6,8,10H,2-5H2,1H3/t8-/m1/s1. The van der Waals surface area contributed by atoms with Gasteiger partial charge >= 0.3 is 0 Å². The fourth-order valence-corrected chi connectivity index (χ4v) is 2.55. The molecule has 1 aliphatic heterocycles. The Balaban J connectivity index is 2.11. The second kappa shape index (κ2) is 3.54. The molecule has 66 valence electrons. The van der Waals surface area contributed by atoms with Crippen LogP contribution in [0.1, 0.15) is 36.5 Å². The van der Waals surface area contributed by atoms with E-state index in [0.29, 0.717) is 6.04 Å². The lowest BCUT2D eigenvalue weighted by molar-refractivity contribution is 0.640. The number of hydrogen-bond acceptors (Lipinski definition) is 3. The normalized spacial score (nSPS) is 23.2. The molecule has 1 aromatic heterocycles. The Labute approximate surface area is 77.0 Å². The number of aromatic nitrogens is 1. The highest BCUT2D eigenvalue weighted by Crippen LogP contribution is 2.25. The summed E-state index contributed by atoms with van der Waals surface area (Å²) in [6.07, 6.45) is 3.62. The van der Waals surface area contributed by atoms with E-state index >= 15 is 0 Å². The van der Waals surface area contributed by atoms with Crippen LogP contribution in [0, 0.1) is 0 Å². The van der Waals surface area contributed by atoms with Crippen LogP contribution < -0.4 is 5.32 Å². The van der Waals surface area contributed by atoms with Gasteiger partial charge in [-0.25, -0.2) is 4.98 Å². The van der Waals surface area contributed by atoms with Gasteiger partial charge in [0.1, 0.15) is 5.01 Å². The van der Waals surface area contributed by atoms with Gasteiger partial charge in [0.2, 0.25) is 0 Å². The zero-order valence-corrected chi connectivity index (χ0v) is 8.16. The average molecular weight is 182 g/mol. The van der Waals surface area contributed by atoms with E-state index in [0.717, 1.165) is 13.0 Å². The lowest BCUT2D eigenvalue weighted by Gasteiger charge is -2.03. The predicted molar refractivity (Wildman–Crippen MR) is 51.5 cm³/mol. The van der Waals surface area contributed by atoms with Crippen LogP contribution in [-0.4, -0.2) is 11.5 Å². The predicted octanol–water partition coefficient (Wildman–Crippen LogP) is 2.13. The van der Waals surface area contributed by atoms with Crippen molar-refractivity contribution in [2.24, 2.45) is 0 Å². The van der Waals surface area contributed by atoms with Crippen LogP contribution in [-0.2, 0) is 6.42 Å². The molecule has 0 amide bonds. The second-order valence-electron chi connectivity index (χ2n) is 3.18. The third kappa shape index (κ3) is 1.52. The van der Waals surface area contributed by atoms with E-state index in [9.17, 15) is 0 Å². The molecule has 2 nitrogen and oxygen atoms in total. The van der Waals surface area contributed by atoms with Gasteiger partial charge in [-0.05, 0) is 25.8 Å². The molecule has 2 heterocycles. The first-order valence-corrected chi connectivity index (χ1v) is 5.46. The second-order valence-corrected chi connectivity index (χ2v) is 4.07. The monoisotopic (exact) mass is 182 g/mol. The number of nitrogens with one attached hydrogen (secondary N) is 1.